The van der Waals surface area contributed by atoms with Gasteiger partial charge in [0, 0.05) is 18.6 Å². The molecule has 0 heterocycles. The van der Waals surface area contributed by atoms with Gasteiger partial charge in [0.05, 0.1) is 6.10 Å². The highest BCUT2D eigenvalue weighted by Crippen LogP contribution is 2.05. The summed E-state index contributed by atoms with van der Waals surface area (Å²) in [5.74, 6) is -7.26. The molecule has 0 bridgehead atoms. The number of nitrogens with two attached hydrogens (primary N) is 1. The molecule has 15 heteroatoms. The second-order valence-corrected chi connectivity index (χ2v) is 7.20. The highest BCUT2D eigenvalue weighted by Gasteiger charge is 2.31. The number of hydrogen-bond acceptors (Lipinski definition) is 9. The number of rotatable bonds is 15. The fourth-order valence-electron chi connectivity index (χ4n) is 2.29. The molecule has 0 aromatic rings. The first kappa shape index (κ1) is 29.1. The van der Waals surface area contributed by atoms with E-state index in [1.54, 1.807) is 0 Å². The maximum absolute atomic E-state index is 12.7. The third kappa shape index (κ3) is 10.9. The topological polar surface area (TPSA) is 245 Å². The van der Waals surface area contributed by atoms with Gasteiger partial charge in [0.1, 0.15) is 24.2 Å². The fraction of sp³-hybridized carbons (Fsp3) is 0.647. The number of carbonyl (C=O) groups is 6. The summed E-state index contributed by atoms with van der Waals surface area (Å²) in [4.78, 5) is 70.0. The summed E-state index contributed by atoms with van der Waals surface area (Å²) in [6.45, 7) is 1.23. The number of aliphatic hydroxyl groups is 1. The molecule has 0 saturated heterocycles. The van der Waals surface area contributed by atoms with Crippen LogP contribution in [0, 0.1) is 0 Å². The van der Waals surface area contributed by atoms with E-state index in [1.165, 1.54) is 6.92 Å². The monoisotopic (exact) mass is 480 g/mol. The summed E-state index contributed by atoms with van der Waals surface area (Å²) in [6, 6.07) is -5.83. The van der Waals surface area contributed by atoms with Crippen molar-refractivity contribution in [1.29, 1.82) is 0 Å². The molecule has 5 atom stereocenters. The molecule has 5 unspecified atom stereocenters. The average Bonchev–Trinajstić information content (AvgIpc) is 2.70. The van der Waals surface area contributed by atoms with Gasteiger partial charge in [-0.05, 0) is 19.8 Å². The Kier molecular flexibility index (Phi) is 12.9. The van der Waals surface area contributed by atoms with Gasteiger partial charge in [-0.1, -0.05) is 0 Å². The lowest BCUT2D eigenvalue weighted by Gasteiger charge is -2.25. The van der Waals surface area contributed by atoms with E-state index in [2.05, 4.69) is 28.6 Å². The van der Waals surface area contributed by atoms with E-state index in [4.69, 9.17) is 21.1 Å². The molecule has 0 aromatic carbocycles. The predicted molar refractivity (Wildman–Crippen MR) is 111 cm³/mol. The van der Waals surface area contributed by atoms with Gasteiger partial charge in [0.15, 0.2) is 0 Å². The first-order valence-corrected chi connectivity index (χ1v) is 10.0. The third-order valence-electron chi connectivity index (χ3n) is 4.18. The van der Waals surface area contributed by atoms with Crippen molar-refractivity contribution in [2.45, 2.75) is 62.9 Å². The molecular weight excluding hydrogens is 452 g/mol. The van der Waals surface area contributed by atoms with Gasteiger partial charge in [-0.15, -0.1) is 0 Å². The van der Waals surface area contributed by atoms with Crippen LogP contribution in [0.2, 0.25) is 0 Å². The lowest BCUT2D eigenvalue weighted by atomic mass is 10.1. The molecule has 0 saturated carbocycles. The van der Waals surface area contributed by atoms with Crippen molar-refractivity contribution in [2.75, 3.05) is 5.75 Å². The van der Waals surface area contributed by atoms with E-state index in [0.29, 0.717) is 0 Å². The Hall–Kier alpha value is -2.91. The zero-order chi connectivity index (χ0) is 25.0. The number of carbonyl (C=O) groups excluding carboxylic acids is 3. The van der Waals surface area contributed by atoms with Crippen LogP contribution < -0.4 is 21.7 Å². The Morgan fingerprint density at radius 3 is 1.47 bits per heavy atom. The minimum absolute atomic E-state index is 0.283. The molecule has 182 valence electrons. The summed E-state index contributed by atoms with van der Waals surface area (Å²) in [5.41, 5.74) is 5.49. The van der Waals surface area contributed by atoms with E-state index in [-0.39, 0.29) is 5.75 Å². The molecule has 0 aliphatic rings. The summed E-state index contributed by atoms with van der Waals surface area (Å²) in [5, 5.41) is 42.7. The molecular formula is C17H28N4O10S. The molecule has 0 rings (SSSR count). The molecule has 14 nitrogen and oxygen atoms in total. The summed E-state index contributed by atoms with van der Waals surface area (Å²) >= 11 is 3.79. The lowest BCUT2D eigenvalue weighted by molar-refractivity contribution is -0.142. The van der Waals surface area contributed by atoms with E-state index < -0.39 is 91.6 Å². The number of amides is 3. The van der Waals surface area contributed by atoms with Crippen LogP contribution in [0.25, 0.3) is 0 Å². The van der Waals surface area contributed by atoms with Crippen molar-refractivity contribution in [3.05, 3.63) is 0 Å². The maximum Gasteiger partial charge on any atom is 0.327 e. The number of nitrogens with one attached hydrogen (secondary N) is 3. The SMILES string of the molecule is CC(O)C(N)C(=O)NC(CCC(=O)O)C(=O)NC(CCC(=O)O)C(=O)NC(CS)C(=O)O. The number of aliphatic hydroxyl groups excluding tert-OH is 1. The zero-order valence-corrected chi connectivity index (χ0v) is 18.1. The van der Waals surface area contributed by atoms with Crippen LogP contribution in [-0.2, 0) is 28.8 Å². The molecule has 0 radical (unpaired) electrons. The molecule has 0 aromatic heterocycles. The van der Waals surface area contributed by atoms with Crippen LogP contribution >= 0.6 is 12.6 Å². The van der Waals surface area contributed by atoms with Crippen molar-refractivity contribution < 1.29 is 49.2 Å². The van der Waals surface area contributed by atoms with Crippen molar-refractivity contribution in [1.82, 2.24) is 16.0 Å². The fourth-order valence-corrected chi connectivity index (χ4v) is 2.54. The average molecular weight is 480 g/mol. The van der Waals surface area contributed by atoms with Crippen LogP contribution in [-0.4, -0.2) is 92.1 Å². The normalized spacial score (nSPS) is 15.4. The van der Waals surface area contributed by atoms with Crippen LogP contribution in [0.3, 0.4) is 0 Å². The number of aliphatic carboxylic acids is 3. The van der Waals surface area contributed by atoms with E-state index in [1.807, 2.05) is 0 Å². The van der Waals surface area contributed by atoms with Crippen molar-refractivity contribution >= 4 is 48.3 Å². The Bertz CT molecular complexity index is 717. The second kappa shape index (κ2) is 14.2. The smallest absolute Gasteiger partial charge is 0.327 e. The third-order valence-corrected chi connectivity index (χ3v) is 4.54. The van der Waals surface area contributed by atoms with E-state index >= 15 is 0 Å². The Morgan fingerprint density at radius 1 is 0.781 bits per heavy atom. The quantitative estimate of drug-likeness (QED) is 0.106. The lowest BCUT2D eigenvalue weighted by Crippen LogP contribution is -2.58. The van der Waals surface area contributed by atoms with Gasteiger partial charge in [0.2, 0.25) is 17.7 Å². The van der Waals surface area contributed by atoms with Crippen LogP contribution in [0.5, 0.6) is 0 Å². The molecule has 0 aliphatic carbocycles. The molecule has 3 amide bonds. The van der Waals surface area contributed by atoms with Crippen LogP contribution in [0.15, 0.2) is 0 Å². The van der Waals surface area contributed by atoms with E-state index in [9.17, 15) is 33.9 Å². The zero-order valence-electron chi connectivity index (χ0n) is 17.2. The highest BCUT2D eigenvalue weighted by molar-refractivity contribution is 7.80. The molecule has 9 N–H and O–H groups in total. The Balaban J connectivity index is 5.55. The maximum atomic E-state index is 12.7. The first-order valence-electron chi connectivity index (χ1n) is 9.42. The van der Waals surface area contributed by atoms with Gasteiger partial charge in [-0.3, -0.25) is 24.0 Å². The summed E-state index contributed by atoms with van der Waals surface area (Å²) in [7, 11) is 0. The first-order chi connectivity index (χ1) is 14.8. The largest absolute Gasteiger partial charge is 0.481 e. The number of carboxylic acids is 3. The highest BCUT2D eigenvalue weighted by atomic mass is 32.1. The van der Waals surface area contributed by atoms with Gasteiger partial charge in [-0.25, -0.2) is 4.79 Å². The Morgan fingerprint density at radius 2 is 1.16 bits per heavy atom. The summed E-state index contributed by atoms with van der Waals surface area (Å²) in [6.07, 6.45) is -3.20. The molecule has 0 spiro atoms. The van der Waals surface area contributed by atoms with Gasteiger partial charge in [-0.2, -0.15) is 12.6 Å². The Labute approximate surface area is 188 Å². The van der Waals surface area contributed by atoms with Crippen LogP contribution in [0.1, 0.15) is 32.6 Å². The van der Waals surface area contributed by atoms with Crippen molar-refractivity contribution in [3.8, 4) is 0 Å². The number of carboxylic acid groups (broad SMARTS) is 3. The van der Waals surface area contributed by atoms with Gasteiger partial charge in [0.25, 0.3) is 0 Å². The minimum atomic E-state index is -1.50. The number of hydrogen-bond donors (Lipinski definition) is 9. The van der Waals surface area contributed by atoms with Crippen molar-refractivity contribution in [2.24, 2.45) is 5.73 Å². The van der Waals surface area contributed by atoms with Gasteiger partial charge < -0.3 is 42.1 Å². The standard InChI is InChI=1S/C17H28N4O10S/c1-7(22)13(18)16(29)20-9(3-5-12(25)26)14(27)19-8(2-4-11(23)24)15(28)21-10(6-32)17(30)31/h7-10,13,22,32H,2-6,18H2,1H3,(H,19,27)(H,20,29)(H,21,28)(H,23,24)(H,25,26)(H,30,31). The predicted octanol–water partition coefficient (Wildman–Crippen LogP) is -3.11. The van der Waals surface area contributed by atoms with Gasteiger partial charge >= 0.3 is 17.9 Å². The number of thiol groups is 1. The van der Waals surface area contributed by atoms with Crippen molar-refractivity contribution in [3.63, 3.8) is 0 Å². The van der Waals surface area contributed by atoms with Crippen LogP contribution in [0.4, 0.5) is 0 Å². The molecule has 0 fully saturated rings. The molecule has 32 heavy (non-hydrogen) atoms. The van der Waals surface area contributed by atoms with E-state index in [0.717, 1.165) is 0 Å². The summed E-state index contributed by atoms with van der Waals surface area (Å²) < 4.78 is 0. The minimum Gasteiger partial charge on any atom is -0.481 e. The second-order valence-electron chi connectivity index (χ2n) is 6.84. The molecule has 0 aliphatic heterocycles.